The Morgan fingerprint density at radius 2 is 1.84 bits per heavy atom. The Kier molecular flexibility index (Phi) is 2.88. The molecule has 0 bridgehead atoms. The number of rotatable bonds is 2. The fourth-order valence-electron chi connectivity index (χ4n) is 2.14. The first-order chi connectivity index (χ1) is 9.28. The molecule has 0 fully saturated rings. The highest BCUT2D eigenvalue weighted by Crippen LogP contribution is 2.26. The minimum absolute atomic E-state index is 0.862. The maximum atomic E-state index is 4.67. The number of fused-ring (bicyclic) bond motifs is 1. The fraction of sp³-hybridized carbons (Fsp3) is 0.125. The largest absolute Gasteiger partial charge is 0.373 e. The van der Waals surface area contributed by atoms with Crippen LogP contribution in [0.3, 0.4) is 0 Å². The monoisotopic (exact) mass is 249 g/mol. The summed E-state index contributed by atoms with van der Waals surface area (Å²) < 4.78 is 0. The van der Waals surface area contributed by atoms with Gasteiger partial charge < -0.3 is 5.32 Å². The Labute approximate surface area is 112 Å². The lowest BCUT2D eigenvalue weighted by atomic mass is 10.1. The lowest BCUT2D eigenvalue weighted by Crippen LogP contribution is -1.96. The Morgan fingerprint density at radius 3 is 2.58 bits per heavy atom. The SMILES string of the molecule is CNc1nc(-c2ccc(C)cc2)cc2ncccc12. The van der Waals surface area contributed by atoms with E-state index >= 15 is 0 Å². The molecule has 0 spiro atoms. The Hall–Kier alpha value is -2.42. The summed E-state index contributed by atoms with van der Waals surface area (Å²) in [6.45, 7) is 2.08. The second-order valence-corrected chi connectivity index (χ2v) is 4.54. The predicted molar refractivity (Wildman–Crippen MR) is 79.3 cm³/mol. The highest BCUT2D eigenvalue weighted by molar-refractivity contribution is 5.91. The summed E-state index contributed by atoms with van der Waals surface area (Å²) in [5, 5.41) is 4.18. The van der Waals surface area contributed by atoms with Crippen LogP contribution in [-0.4, -0.2) is 17.0 Å². The van der Waals surface area contributed by atoms with Gasteiger partial charge in [-0.2, -0.15) is 0 Å². The summed E-state index contributed by atoms with van der Waals surface area (Å²) in [7, 11) is 1.88. The number of anilines is 1. The van der Waals surface area contributed by atoms with Gasteiger partial charge in [-0.1, -0.05) is 29.8 Å². The van der Waals surface area contributed by atoms with Crippen molar-refractivity contribution in [2.24, 2.45) is 0 Å². The molecule has 1 aromatic carbocycles. The van der Waals surface area contributed by atoms with E-state index in [1.54, 1.807) is 6.20 Å². The van der Waals surface area contributed by atoms with E-state index in [4.69, 9.17) is 0 Å². The number of aromatic nitrogens is 2. The highest BCUT2D eigenvalue weighted by atomic mass is 15.0. The summed E-state index contributed by atoms with van der Waals surface area (Å²) in [6.07, 6.45) is 1.81. The number of aryl methyl sites for hydroxylation is 1. The van der Waals surface area contributed by atoms with Crippen LogP contribution in [0.25, 0.3) is 22.2 Å². The third kappa shape index (κ3) is 2.15. The maximum absolute atomic E-state index is 4.67. The smallest absolute Gasteiger partial charge is 0.135 e. The number of nitrogens with one attached hydrogen (secondary N) is 1. The maximum Gasteiger partial charge on any atom is 0.135 e. The molecule has 0 aliphatic heterocycles. The van der Waals surface area contributed by atoms with Crippen molar-refractivity contribution in [3.8, 4) is 11.3 Å². The number of pyridine rings is 2. The first-order valence-corrected chi connectivity index (χ1v) is 6.28. The van der Waals surface area contributed by atoms with Crippen LogP contribution in [0, 0.1) is 6.92 Å². The molecule has 2 aromatic heterocycles. The Balaban J connectivity index is 2.22. The predicted octanol–water partition coefficient (Wildman–Crippen LogP) is 3.65. The van der Waals surface area contributed by atoms with Crippen LogP contribution in [0.2, 0.25) is 0 Å². The molecule has 2 heterocycles. The number of hydrogen-bond donors (Lipinski definition) is 1. The van der Waals surface area contributed by atoms with E-state index in [-0.39, 0.29) is 0 Å². The van der Waals surface area contributed by atoms with Gasteiger partial charge in [0.05, 0.1) is 11.2 Å². The molecule has 3 heteroatoms. The summed E-state index contributed by atoms with van der Waals surface area (Å²) in [6, 6.07) is 14.4. The minimum Gasteiger partial charge on any atom is -0.373 e. The van der Waals surface area contributed by atoms with Gasteiger partial charge >= 0.3 is 0 Å². The summed E-state index contributed by atoms with van der Waals surface area (Å²) >= 11 is 0. The molecule has 0 aliphatic carbocycles. The summed E-state index contributed by atoms with van der Waals surface area (Å²) in [5.74, 6) is 0.862. The van der Waals surface area contributed by atoms with Crippen molar-refractivity contribution < 1.29 is 0 Å². The van der Waals surface area contributed by atoms with Crippen LogP contribution in [-0.2, 0) is 0 Å². The molecule has 1 N–H and O–H groups in total. The molecule has 0 saturated carbocycles. The first kappa shape index (κ1) is 11.7. The van der Waals surface area contributed by atoms with Crippen molar-refractivity contribution in [1.82, 2.24) is 9.97 Å². The second kappa shape index (κ2) is 4.69. The molecule has 3 nitrogen and oxygen atoms in total. The highest BCUT2D eigenvalue weighted by Gasteiger charge is 2.07. The van der Waals surface area contributed by atoms with E-state index in [1.165, 1.54) is 5.56 Å². The molecule has 0 saturated heterocycles. The fourth-order valence-corrected chi connectivity index (χ4v) is 2.14. The Morgan fingerprint density at radius 1 is 1.05 bits per heavy atom. The van der Waals surface area contributed by atoms with Crippen LogP contribution in [0.1, 0.15) is 5.56 Å². The summed E-state index contributed by atoms with van der Waals surface area (Å²) in [4.78, 5) is 9.08. The summed E-state index contributed by atoms with van der Waals surface area (Å²) in [5.41, 5.74) is 4.25. The van der Waals surface area contributed by atoms with Crippen LogP contribution < -0.4 is 5.32 Å². The van der Waals surface area contributed by atoms with E-state index in [0.717, 1.165) is 28.0 Å². The van der Waals surface area contributed by atoms with Crippen molar-refractivity contribution in [3.63, 3.8) is 0 Å². The van der Waals surface area contributed by atoms with E-state index in [0.29, 0.717) is 0 Å². The van der Waals surface area contributed by atoms with Crippen LogP contribution >= 0.6 is 0 Å². The van der Waals surface area contributed by atoms with E-state index in [1.807, 2.05) is 25.2 Å². The van der Waals surface area contributed by atoms with Crippen molar-refractivity contribution in [3.05, 3.63) is 54.2 Å². The lowest BCUT2D eigenvalue weighted by molar-refractivity contribution is 1.29. The van der Waals surface area contributed by atoms with Gasteiger partial charge in [-0.15, -0.1) is 0 Å². The quantitative estimate of drug-likeness (QED) is 0.753. The molecule has 19 heavy (non-hydrogen) atoms. The number of hydrogen-bond acceptors (Lipinski definition) is 3. The van der Waals surface area contributed by atoms with Crippen molar-refractivity contribution in [1.29, 1.82) is 0 Å². The van der Waals surface area contributed by atoms with Crippen molar-refractivity contribution >= 4 is 16.7 Å². The molecule has 3 rings (SSSR count). The molecular weight excluding hydrogens is 234 g/mol. The van der Waals surface area contributed by atoms with Crippen LogP contribution in [0.15, 0.2) is 48.7 Å². The van der Waals surface area contributed by atoms with E-state index in [2.05, 4.69) is 46.5 Å². The van der Waals surface area contributed by atoms with Gasteiger partial charge in [0.2, 0.25) is 0 Å². The van der Waals surface area contributed by atoms with E-state index < -0.39 is 0 Å². The molecule has 0 aliphatic rings. The van der Waals surface area contributed by atoms with Crippen LogP contribution in [0.5, 0.6) is 0 Å². The third-order valence-corrected chi connectivity index (χ3v) is 3.18. The molecular formula is C16H15N3. The van der Waals surface area contributed by atoms with Gasteiger partial charge in [0.25, 0.3) is 0 Å². The number of nitrogens with zero attached hydrogens (tertiary/aromatic N) is 2. The first-order valence-electron chi connectivity index (χ1n) is 6.28. The van der Waals surface area contributed by atoms with Gasteiger partial charge in [-0.3, -0.25) is 4.98 Å². The van der Waals surface area contributed by atoms with Crippen molar-refractivity contribution in [2.75, 3.05) is 12.4 Å². The van der Waals surface area contributed by atoms with E-state index in [9.17, 15) is 0 Å². The zero-order valence-corrected chi connectivity index (χ0v) is 11.0. The van der Waals surface area contributed by atoms with Gasteiger partial charge in [-0.25, -0.2) is 4.98 Å². The minimum atomic E-state index is 0.862. The van der Waals surface area contributed by atoms with Gasteiger partial charge in [0, 0.05) is 24.2 Å². The molecule has 0 radical (unpaired) electrons. The molecule has 3 aromatic rings. The van der Waals surface area contributed by atoms with Gasteiger partial charge in [0.1, 0.15) is 5.82 Å². The average molecular weight is 249 g/mol. The second-order valence-electron chi connectivity index (χ2n) is 4.54. The number of benzene rings is 1. The topological polar surface area (TPSA) is 37.8 Å². The normalized spacial score (nSPS) is 10.6. The average Bonchev–Trinajstić information content (AvgIpc) is 2.47. The third-order valence-electron chi connectivity index (χ3n) is 3.18. The Bertz CT molecular complexity index is 718. The lowest BCUT2D eigenvalue weighted by Gasteiger charge is -2.08. The van der Waals surface area contributed by atoms with Gasteiger partial charge in [0.15, 0.2) is 0 Å². The zero-order valence-electron chi connectivity index (χ0n) is 11.0. The molecule has 0 unspecified atom stereocenters. The van der Waals surface area contributed by atoms with Crippen molar-refractivity contribution in [2.45, 2.75) is 6.92 Å². The zero-order chi connectivity index (χ0) is 13.2. The molecule has 0 amide bonds. The molecule has 94 valence electrons. The molecule has 0 atom stereocenters. The standard InChI is InChI=1S/C16H15N3/c1-11-5-7-12(8-6-11)14-10-15-13(4-3-9-18-15)16(17-2)19-14/h3-10H,1-2H3,(H,17,19). The van der Waals surface area contributed by atoms with Crippen LogP contribution in [0.4, 0.5) is 5.82 Å². The van der Waals surface area contributed by atoms with Gasteiger partial charge in [-0.05, 0) is 25.1 Å².